The largest absolute Gasteiger partial charge is 0.389 e. The van der Waals surface area contributed by atoms with Gasteiger partial charge in [0.25, 0.3) is 0 Å². The molecule has 6 heteroatoms. The van der Waals surface area contributed by atoms with Crippen molar-refractivity contribution in [1.29, 1.82) is 0 Å². The van der Waals surface area contributed by atoms with Crippen molar-refractivity contribution in [3.63, 3.8) is 0 Å². The molecule has 1 atom stereocenters. The van der Waals surface area contributed by atoms with Gasteiger partial charge in [0.15, 0.2) is 0 Å². The minimum Gasteiger partial charge on any atom is -0.389 e. The molecule has 1 amide bonds. The van der Waals surface area contributed by atoms with Gasteiger partial charge in [0.1, 0.15) is 11.0 Å². The molecule has 1 unspecified atom stereocenters. The van der Waals surface area contributed by atoms with Crippen LogP contribution < -0.4 is 11.1 Å². The molecule has 0 bridgehead atoms. The number of benzene rings is 1. The summed E-state index contributed by atoms with van der Waals surface area (Å²) in [4.78, 5) is 14.7. The first-order valence-electron chi connectivity index (χ1n) is 7.14. The van der Waals surface area contributed by atoms with Crippen molar-refractivity contribution in [2.45, 2.75) is 32.2 Å². The fourth-order valence-electron chi connectivity index (χ4n) is 2.58. The van der Waals surface area contributed by atoms with Crippen LogP contribution >= 0.6 is 28.1 Å². The number of carbonyl (C=O) groups excluding carboxylic acids is 1. The van der Waals surface area contributed by atoms with E-state index in [1.807, 2.05) is 30.0 Å². The second-order valence-electron chi connectivity index (χ2n) is 5.28. The maximum Gasteiger partial charge on any atom is 0.244 e. The van der Waals surface area contributed by atoms with Crippen LogP contribution in [0.4, 0.5) is 5.69 Å². The summed E-state index contributed by atoms with van der Waals surface area (Å²) in [7, 11) is 0. The Bertz CT molecular complexity index is 544. The number of nitrogens with zero attached hydrogens (tertiary/aromatic N) is 1. The lowest BCUT2D eigenvalue weighted by atomic mass is 10.1. The third kappa shape index (κ3) is 3.95. The van der Waals surface area contributed by atoms with Gasteiger partial charge in [0.2, 0.25) is 5.91 Å². The van der Waals surface area contributed by atoms with E-state index in [2.05, 4.69) is 21.2 Å². The van der Waals surface area contributed by atoms with Gasteiger partial charge in [-0.1, -0.05) is 18.3 Å². The topological polar surface area (TPSA) is 58.4 Å². The molecule has 1 aromatic carbocycles. The highest BCUT2D eigenvalue weighted by Crippen LogP contribution is 2.25. The predicted octanol–water partition coefficient (Wildman–Crippen LogP) is 2.90. The van der Waals surface area contributed by atoms with E-state index in [-0.39, 0.29) is 11.9 Å². The van der Waals surface area contributed by atoms with Crippen molar-refractivity contribution >= 4 is 44.7 Å². The maximum absolute atomic E-state index is 12.5. The summed E-state index contributed by atoms with van der Waals surface area (Å²) in [5.74, 6) is 0.128. The summed E-state index contributed by atoms with van der Waals surface area (Å²) < 4.78 is 0.831. The van der Waals surface area contributed by atoms with Crippen LogP contribution in [0.3, 0.4) is 0 Å². The Labute approximate surface area is 139 Å². The molecule has 21 heavy (non-hydrogen) atoms. The zero-order valence-corrected chi connectivity index (χ0v) is 14.5. The number of nitrogens with one attached hydrogen (secondary N) is 1. The van der Waals surface area contributed by atoms with Gasteiger partial charge in [-0.2, -0.15) is 0 Å². The molecule has 1 aromatic rings. The summed E-state index contributed by atoms with van der Waals surface area (Å²) in [6, 6.07) is 5.37. The second kappa shape index (κ2) is 7.22. The molecule has 0 aromatic heterocycles. The van der Waals surface area contributed by atoms with Gasteiger partial charge in [-0.15, -0.1) is 0 Å². The lowest BCUT2D eigenvalue weighted by Gasteiger charge is -2.30. The number of likely N-dealkylation sites (tertiary alicyclic amines) is 1. The fourth-order valence-corrected chi connectivity index (χ4v) is 3.51. The first kappa shape index (κ1) is 16.2. The van der Waals surface area contributed by atoms with Gasteiger partial charge in [0.05, 0.1) is 0 Å². The summed E-state index contributed by atoms with van der Waals surface area (Å²) >= 11 is 8.54. The molecule has 4 nitrogen and oxygen atoms in total. The number of hydrogen-bond donors (Lipinski definition) is 2. The first-order valence-corrected chi connectivity index (χ1v) is 8.34. The number of amides is 1. The number of piperidine rings is 1. The number of carbonyl (C=O) groups is 1. The Kier molecular flexibility index (Phi) is 5.58. The Morgan fingerprint density at radius 2 is 2.05 bits per heavy atom. The normalized spacial score (nSPS) is 16.4. The van der Waals surface area contributed by atoms with Crippen LogP contribution in [0.15, 0.2) is 22.7 Å². The van der Waals surface area contributed by atoms with Crippen molar-refractivity contribution in [3.8, 4) is 0 Å². The molecular weight excluding hydrogens is 350 g/mol. The highest BCUT2D eigenvalue weighted by Gasteiger charge is 2.23. The number of rotatable bonds is 4. The Morgan fingerprint density at radius 1 is 1.38 bits per heavy atom. The lowest BCUT2D eigenvalue weighted by molar-refractivity contribution is -0.132. The number of halogens is 1. The van der Waals surface area contributed by atoms with Gasteiger partial charge in [0, 0.05) is 28.8 Å². The zero-order valence-electron chi connectivity index (χ0n) is 12.1. The molecule has 0 radical (unpaired) electrons. The zero-order chi connectivity index (χ0) is 15.4. The summed E-state index contributed by atoms with van der Waals surface area (Å²) in [6.45, 7) is 3.58. The second-order valence-corrected chi connectivity index (χ2v) is 6.57. The molecule has 0 spiro atoms. The Hall–Kier alpha value is -1.14. The van der Waals surface area contributed by atoms with E-state index in [0.29, 0.717) is 4.99 Å². The van der Waals surface area contributed by atoms with Crippen molar-refractivity contribution in [2.24, 2.45) is 5.73 Å². The number of anilines is 1. The van der Waals surface area contributed by atoms with Crippen LogP contribution in [0.1, 0.15) is 31.7 Å². The maximum atomic E-state index is 12.5. The van der Waals surface area contributed by atoms with Crippen LogP contribution in [0.2, 0.25) is 0 Å². The number of nitrogens with two attached hydrogens (primary N) is 1. The molecule has 2 rings (SSSR count). The molecule has 1 aliphatic rings. The monoisotopic (exact) mass is 369 g/mol. The number of thiocarbonyl (C=S) groups is 1. The standard InChI is InChI=1S/C15H20BrN3OS/c1-10(15(20)19-8-3-2-4-9-19)18-12-7-5-6-11(16)13(12)14(17)21/h5-7,10,18H,2-4,8-9H2,1H3,(H2,17,21). The number of hydrogen-bond acceptors (Lipinski definition) is 3. The van der Waals surface area contributed by atoms with E-state index in [0.717, 1.165) is 41.7 Å². The van der Waals surface area contributed by atoms with E-state index >= 15 is 0 Å². The molecule has 114 valence electrons. The third-order valence-corrected chi connectivity index (χ3v) is 4.54. The third-order valence-electron chi connectivity index (χ3n) is 3.67. The summed E-state index contributed by atoms with van der Waals surface area (Å²) in [6.07, 6.45) is 3.39. The van der Waals surface area contributed by atoms with Crippen molar-refractivity contribution < 1.29 is 4.79 Å². The van der Waals surface area contributed by atoms with Crippen molar-refractivity contribution in [1.82, 2.24) is 4.90 Å². The SMILES string of the molecule is CC(Nc1cccc(Br)c1C(N)=S)C(=O)N1CCCCC1. The lowest BCUT2D eigenvalue weighted by Crippen LogP contribution is -2.44. The van der Waals surface area contributed by atoms with Gasteiger partial charge in [-0.3, -0.25) is 4.79 Å². The molecular formula is C15H20BrN3OS. The van der Waals surface area contributed by atoms with Crippen LogP contribution in [-0.2, 0) is 4.79 Å². The van der Waals surface area contributed by atoms with Crippen LogP contribution in [0, 0.1) is 0 Å². The molecule has 3 N–H and O–H groups in total. The molecule has 0 aliphatic carbocycles. The predicted molar refractivity (Wildman–Crippen MR) is 93.5 cm³/mol. The fraction of sp³-hybridized carbons (Fsp3) is 0.467. The van der Waals surface area contributed by atoms with Crippen LogP contribution in [-0.4, -0.2) is 34.9 Å². The first-order chi connectivity index (χ1) is 10.0. The van der Waals surface area contributed by atoms with E-state index in [9.17, 15) is 4.79 Å². The van der Waals surface area contributed by atoms with Crippen LogP contribution in [0.25, 0.3) is 0 Å². The van der Waals surface area contributed by atoms with Crippen molar-refractivity contribution in [2.75, 3.05) is 18.4 Å². The average molecular weight is 370 g/mol. The highest BCUT2D eigenvalue weighted by molar-refractivity contribution is 9.10. The smallest absolute Gasteiger partial charge is 0.244 e. The average Bonchev–Trinajstić information content (AvgIpc) is 2.47. The van der Waals surface area contributed by atoms with E-state index in [4.69, 9.17) is 18.0 Å². The summed E-state index contributed by atoms with van der Waals surface area (Å²) in [5.41, 5.74) is 7.30. The molecule has 1 heterocycles. The van der Waals surface area contributed by atoms with Crippen LogP contribution in [0.5, 0.6) is 0 Å². The van der Waals surface area contributed by atoms with Gasteiger partial charge >= 0.3 is 0 Å². The molecule has 1 saturated heterocycles. The quantitative estimate of drug-likeness (QED) is 0.801. The van der Waals surface area contributed by atoms with Gasteiger partial charge < -0.3 is 16.0 Å². The van der Waals surface area contributed by atoms with E-state index in [1.165, 1.54) is 6.42 Å². The van der Waals surface area contributed by atoms with E-state index in [1.54, 1.807) is 0 Å². The minimum atomic E-state index is -0.300. The molecule has 1 fully saturated rings. The van der Waals surface area contributed by atoms with Gasteiger partial charge in [-0.05, 0) is 54.2 Å². The summed E-state index contributed by atoms with van der Waals surface area (Å²) in [5, 5.41) is 3.24. The Morgan fingerprint density at radius 3 is 2.67 bits per heavy atom. The highest BCUT2D eigenvalue weighted by atomic mass is 79.9. The van der Waals surface area contributed by atoms with Crippen molar-refractivity contribution in [3.05, 3.63) is 28.2 Å². The minimum absolute atomic E-state index is 0.128. The molecule has 1 aliphatic heterocycles. The van der Waals surface area contributed by atoms with E-state index < -0.39 is 0 Å². The Balaban J connectivity index is 2.12. The van der Waals surface area contributed by atoms with Gasteiger partial charge in [-0.25, -0.2) is 0 Å². The molecule has 0 saturated carbocycles.